The maximum Gasteiger partial charge on any atom is 0.248 e. The smallest absolute Gasteiger partial charge is 0.248 e. The van der Waals surface area contributed by atoms with Gasteiger partial charge in [-0.2, -0.15) is 0 Å². The van der Waals surface area contributed by atoms with Crippen LogP contribution in [0.4, 0.5) is 13.2 Å². The van der Waals surface area contributed by atoms with Gasteiger partial charge in [0.15, 0.2) is 5.78 Å². The normalized spacial score (nSPS) is 22.2. The number of aromatic amines is 1. The first-order valence-electron chi connectivity index (χ1n) is 10.7. The Morgan fingerprint density at radius 3 is 2.51 bits per heavy atom. The van der Waals surface area contributed by atoms with Crippen molar-refractivity contribution < 1.29 is 38.0 Å². The Hall–Kier alpha value is -3.38. The number of pyridine rings is 2. The van der Waals surface area contributed by atoms with E-state index in [-0.39, 0.29) is 17.7 Å². The van der Waals surface area contributed by atoms with Crippen LogP contribution in [0, 0.1) is 17.5 Å². The summed E-state index contributed by atoms with van der Waals surface area (Å²) in [5, 5.41) is 29.5. The number of aromatic nitrogens is 2. The fourth-order valence-electron chi connectivity index (χ4n) is 4.04. The number of benzene rings is 1. The number of nitrogens with one attached hydrogen (secondary N) is 1. The van der Waals surface area contributed by atoms with Crippen molar-refractivity contribution >= 4 is 5.78 Å². The predicted octanol–water partition coefficient (Wildman–Crippen LogP) is 1.82. The zero-order chi connectivity index (χ0) is 25.3. The molecule has 1 fully saturated rings. The van der Waals surface area contributed by atoms with Crippen molar-refractivity contribution in [3.05, 3.63) is 87.2 Å². The van der Waals surface area contributed by atoms with Gasteiger partial charge in [0.1, 0.15) is 41.0 Å². The van der Waals surface area contributed by atoms with E-state index in [1.54, 1.807) is 0 Å². The van der Waals surface area contributed by atoms with Gasteiger partial charge in [0.05, 0.1) is 24.4 Å². The Morgan fingerprint density at radius 1 is 1.11 bits per heavy atom. The van der Waals surface area contributed by atoms with Crippen LogP contribution < -0.4 is 5.56 Å². The van der Waals surface area contributed by atoms with Crippen molar-refractivity contribution in [2.24, 2.45) is 0 Å². The third-order valence-electron chi connectivity index (χ3n) is 5.82. The molecule has 4 atom stereocenters. The van der Waals surface area contributed by atoms with Crippen molar-refractivity contribution in [3.63, 3.8) is 0 Å². The second kappa shape index (κ2) is 10.1. The third-order valence-corrected chi connectivity index (χ3v) is 5.82. The van der Waals surface area contributed by atoms with Crippen LogP contribution in [0.3, 0.4) is 0 Å². The molecule has 3 heterocycles. The maximum absolute atomic E-state index is 14.4. The summed E-state index contributed by atoms with van der Waals surface area (Å²) in [6.07, 6.45) is -3.67. The van der Waals surface area contributed by atoms with Gasteiger partial charge in [0.2, 0.25) is 5.56 Å². The first-order chi connectivity index (χ1) is 16.7. The molecule has 0 radical (unpaired) electrons. The average molecular weight is 490 g/mol. The van der Waals surface area contributed by atoms with E-state index in [2.05, 4.69) is 9.97 Å². The van der Waals surface area contributed by atoms with Crippen molar-refractivity contribution in [2.75, 3.05) is 6.61 Å². The number of Topliss-reactive ketones (excluding diaryl/α,β-unsaturated/α-hetero) is 1. The molecule has 0 aliphatic carbocycles. The molecular formula is C24H21F3N2O6. The van der Waals surface area contributed by atoms with Crippen molar-refractivity contribution in [3.8, 4) is 11.3 Å². The van der Waals surface area contributed by atoms with E-state index < -0.39 is 77.5 Å². The Labute approximate surface area is 196 Å². The molecule has 11 heteroatoms. The predicted molar refractivity (Wildman–Crippen MR) is 116 cm³/mol. The number of hydrogen-bond acceptors (Lipinski definition) is 7. The molecule has 1 aliphatic heterocycles. The Morgan fingerprint density at radius 2 is 1.83 bits per heavy atom. The van der Waals surface area contributed by atoms with Gasteiger partial charge >= 0.3 is 0 Å². The van der Waals surface area contributed by atoms with E-state index in [0.29, 0.717) is 5.56 Å². The largest absolute Gasteiger partial charge is 0.394 e. The molecule has 0 bridgehead atoms. The summed E-state index contributed by atoms with van der Waals surface area (Å²) >= 11 is 0. The van der Waals surface area contributed by atoms with Gasteiger partial charge in [0.25, 0.3) is 0 Å². The number of rotatable bonds is 6. The summed E-state index contributed by atoms with van der Waals surface area (Å²) in [7, 11) is 0. The average Bonchev–Trinajstić information content (AvgIpc) is 2.82. The van der Waals surface area contributed by atoms with Crippen LogP contribution in [-0.4, -0.2) is 56.0 Å². The maximum atomic E-state index is 14.4. The van der Waals surface area contributed by atoms with E-state index in [1.807, 2.05) is 0 Å². The number of aliphatic hydroxyl groups is 3. The van der Waals surface area contributed by atoms with Gasteiger partial charge in [-0.1, -0.05) is 6.07 Å². The number of ether oxygens (including phenoxy) is 1. The Balaban J connectivity index is 1.67. The lowest BCUT2D eigenvalue weighted by molar-refractivity contribution is -0.181. The molecule has 4 rings (SSSR count). The summed E-state index contributed by atoms with van der Waals surface area (Å²) in [4.78, 5) is 31.3. The summed E-state index contributed by atoms with van der Waals surface area (Å²) < 4.78 is 48.4. The highest BCUT2D eigenvalue weighted by Crippen LogP contribution is 2.33. The van der Waals surface area contributed by atoms with Crippen molar-refractivity contribution in [1.29, 1.82) is 0 Å². The summed E-state index contributed by atoms with van der Waals surface area (Å²) in [6, 6.07) is 6.06. The van der Waals surface area contributed by atoms with Gasteiger partial charge in [-0.3, -0.25) is 9.59 Å². The molecule has 0 amide bonds. The van der Waals surface area contributed by atoms with E-state index in [4.69, 9.17) is 4.74 Å². The van der Waals surface area contributed by atoms with Crippen LogP contribution >= 0.6 is 0 Å². The number of carbonyl (C=O) groups is 1. The van der Waals surface area contributed by atoms with E-state index in [1.165, 1.54) is 6.20 Å². The Bertz CT molecular complexity index is 1290. The van der Waals surface area contributed by atoms with Gasteiger partial charge in [-0.25, -0.2) is 18.2 Å². The molecule has 184 valence electrons. The fraction of sp³-hybridized carbons (Fsp3) is 0.292. The molecular weight excluding hydrogens is 469 g/mol. The van der Waals surface area contributed by atoms with Gasteiger partial charge < -0.3 is 25.0 Å². The second-order valence-electron chi connectivity index (χ2n) is 8.14. The van der Waals surface area contributed by atoms with Gasteiger partial charge in [-0.05, 0) is 29.8 Å². The van der Waals surface area contributed by atoms with Crippen LogP contribution in [-0.2, 0) is 11.2 Å². The van der Waals surface area contributed by atoms with Crippen LogP contribution in [0.15, 0.2) is 47.4 Å². The minimum atomic E-state index is -1.32. The lowest BCUT2D eigenvalue weighted by Gasteiger charge is -2.37. The summed E-state index contributed by atoms with van der Waals surface area (Å²) in [6.45, 7) is -0.568. The van der Waals surface area contributed by atoms with Crippen LogP contribution in [0.2, 0.25) is 0 Å². The SMILES string of the molecule is O=C(Cc1cc(=O)[nH]cc1[C@H]1C[C@@H](O)[C@H](O)[C@@H](CO)O1)c1ccc(F)c(-c2c(F)cccc2F)n1. The first-order valence-corrected chi connectivity index (χ1v) is 10.7. The number of H-pyrrole nitrogens is 1. The molecule has 0 spiro atoms. The molecule has 4 N–H and O–H groups in total. The lowest BCUT2D eigenvalue weighted by Crippen LogP contribution is -2.47. The molecule has 1 aliphatic rings. The highest BCUT2D eigenvalue weighted by atomic mass is 19.1. The number of nitrogens with zero attached hydrogens (tertiary/aromatic N) is 1. The molecule has 3 aromatic rings. The molecule has 0 unspecified atom stereocenters. The quantitative estimate of drug-likeness (QED) is 0.388. The monoisotopic (exact) mass is 490 g/mol. The molecule has 35 heavy (non-hydrogen) atoms. The van der Waals surface area contributed by atoms with Crippen molar-refractivity contribution in [1.82, 2.24) is 9.97 Å². The highest BCUT2D eigenvalue weighted by Gasteiger charge is 2.38. The molecule has 2 aromatic heterocycles. The van der Waals surface area contributed by atoms with Gasteiger partial charge in [0, 0.05) is 30.7 Å². The molecule has 1 saturated heterocycles. The highest BCUT2D eigenvalue weighted by molar-refractivity contribution is 5.96. The fourth-order valence-corrected chi connectivity index (χ4v) is 4.04. The molecule has 0 saturated carbocycles. The number of aliphatic hydroxyl groups excluding tert-OH is 3. The van der Waals surface area contributed by atoms with Crippen LogP contribution in [0.25, 0.3) is 11.3 Å². The minimum Gasteiger partial charge on any atom is -0.394 e. The zero-order valence-electron chi connectivity index (χ0n) is 18.1. The number of hydrogen-bond donors (Lipinski definition) is 4. The van der Waals surface area contributed by atoms with E-state index in [9.17, 15) is 38.1 Å². The topological polar surface area (TPSA) is 133 Å². The van der Waals surface area contributed by atoms with Crippen LogP contribution in [0.5, 0.6) is 0 Å². The zero-order valence-corrected chi connectivity index (χ0v) is 18.1. The lowest BCUT2D eigenvalue weighted by atomic mass is 9.91. The minimum absolute atomic E-state index is 0.0730. The van der Waals surface area contributed by atoms with E-state index in [0.717, 1.165) is 36.4 Å². The Kier molecular flexibility index (Phi) is 7.13. The third kappa shape index (κ3) is 5.03. The summed E-state index contributed by atoms with van der Waals surface area (Å²) in [5.74, 6) is -3.80. The number of ketones is 1. The number of halogens is 3. The molecule has 8 nitrogen and oxygen atoms in total. The second-order valence-corrected chi connectivity index (χ2v) is 8.14. The number of carbonyl (C=O) groups excluding carboxylic acids is 1. The molecule has 1 aromatic carbocycles. The van der Waals surface area contributed by atoms with Crippen LogP contribution in [0.1, 0.15) is 34.1 Å². The van der Waals surface area contributed by atoms with Crippen molar-refractivity contribution in [2.45, 2.75) is 37.3 Å². The summed E-state index contributed by atoms with van der Waals surface area (Å²) in [5.41, 5.74) is -1.68. The van der Waals surface area contributed by atoms with E-state index >= 15 is 0 Å². The van der Waals surface area contributed by atoms with Gasteiger partial charge in [-0.15, -0.1) is 0 Å². The first kappa shape index (κ1) is 24.7. The standard InChI is InChI=1S/C24H21F3N2O6/c25-13-2-1-3-14(26)22(13)23-15(27)4-5-16(29-23)17(31)6-11-7-21(33)28-9-12(11)19-8-18(32)24(34)20(10-30)35-19/h1-5,7,9,18-20,24,30,32,34H,6,8,10H2,(H,28,33)/t18-,19-,20-,24+/m1/s1.